The first-order valence-corrected chi connectivity index (χ1v) is 15.4. The van der Waals surface area contributed by atoms with Gasteiger partial charge in [0.15, 0.2) is 0 Å². The Morgan fingerprint density at radius 1 is 1.00 bits per heavy atom. The van der Waals surface area contributed by atoms with Crippen molar-refractivity contribution in [3.63, 3.8) is 0 Å². The number of hydrogen-bond acceptors (Lipinski definition) is 8. The molecule has 0 bridgehead atoms. The van der Waals surface area contributed by atoms with Gasteiger partial charge in [0.2, 0.25) is 11.8 Å². The van der Waals surface area contributed by atoms with Gasteiger partial charge in [-0.25, -0.2) is 4.90 Å². The molecule has 0 spiro atoms. The minimum absolute atomic E-state index is 0.0217. The molecule has 1 saturated heterocycles. The van der Waals surface area contributed by atoms with E-state index in [4.69, 9.17) is 4.74 Å². The number of nitrogens with zero attached hydrogens (tertiary/aromatic N) is 2. The Bertz CT molecular complexity index is 1870. The number of hydrogen-bond donors (Lipinski definition) is 2. The maximum absolute atomic E-state index is 13.5. The van der Waals surface area contributed by atoms with Crippen molar-refractivity contribution in [3.8, 4) is 5.75 Å². The average molecular weight is 702 g/mol. The number of imide groups is 1. The molecule has 1 atom stereocenters. The first-order chi connectivity index (χ1) is 22.1. The Kier molecular flexibility index (Phi) is 9.94. The van der Waals surface area contributed by atoms with Crippen LogP contribution in [0.5, 0.6) is 5.75 Å². The summed E-state index contributed by atoms with van der Waals surface area (Å²) in [6.45, 7) is 0. The molecule has 2 N–H and O–H groups in total. The number of benzene rings is 4. The van der Waals surface area contributed by atoms with Crippen molar-refractivity contribution in [2.75, 3.05) is 17.3 Å². The molecule has 0 aliphatic carbocycles. The van der Waals surface area contributed by atoms with Crippen molar-refractivity contribution in [2.45, 2.75) is 16.6 Å². The molecule has 11 nitrogen and oxygen atoms in total. The van der Waals surface area contributed by atoms with Crippen LogP contribution in [0.1, 0.15) is 22.3 Å². The van der Waals surface area contributed by atoms with Crippen molar-refractivity contribution < 1.29 is 28.8 Å². The van der Waals surface area contributed by atoms with Gasteiger partial charge in [-0.1, -0.05) is 30.3 Å². The molecule has 1 aliphatic heterocycles. The molecular formula is C33H25BrN4O7S. The predicted octanol–water partition coefficient (Wildman–Crippen LogP) is 6.20. The number of thioether (sulfide) groups is 1. The molecule has 4 aromatic carbocycles. The number of carbonyl (C=O) groups excluding carboxylic acids is 4. The zero-order valence-electron chi connectivity index (χ0n) is 24.1. The summed E-state index contributed by atoms with van der Waals surface area (Å²) in [4.78, 5) is 64.5. The first kappa shape index (κ1) is 32.1. The van der Waals surface area contributed by atoms with E-state index < -0.39 is 33.8 Å². The fraction of sp³-hybridized carbons (Fsp3) is 0.0909. The van der Waals surface area contributed by atoms with Crippen LogP contribution in [0.2, 0.25) is 0 Å². The van der Waals surface area contributed by atoms with Gasteiger partial charge in [-0.3, -0.25) is 29.3 Å². The van der Waals surface area contributed by atoms with Crippen LogP contribution < -0.4 is 20.3 Å². The SMILES string of the molecule is COc1cc(/C=C(/NC(=O)c2ccccc2)C(=O)Nc2cccc(S[C@H]3CC(=O)N(c4ccc([N+](=O)[O-])cc4)C3=O)c2)ccc1Br. The molecule has 1 aliphatic rings. The predicted molar refractivity (Wildman–Crippen MR) is 178 cm³/mol. The third kappa shape index (κ3) is 7.50. The molecule has 5 rings (SSSR count). The first-order valence-electron chi connectivity index (χ1n) is 13.7. The number of anilines is 2. The van der Waals surface area contributed by atoms with Gasteiger partial charge in [0.1, 0.15) is 11.4 Å². The smallest absolute Gasteiger partial charge is 0.272 e. The largest absolute Gasteiger partial charge is 0.496 e. The summed E-state index contributed by atoms with van der Waals surface area (Å²) in [5.41, 5.74) is 1.45. The summed E-state index contributed by atoms with van der Waals surface area (Å²) in [5.74, 6) is -1.40. The molecule has 1 fully saturated rings. The van der Waals surface area contributed by atoms with Crippen LogP contribution in [0.25, 0.3) is 6.08 Å². The molecular weight excluding hydrogens is 676 g/mol. The van der Waals surface area contributed by atoms with Crippen molar-refractivity contribution >= 4 is 74.5 Å². The number of rotatable bonds is 10. The average Bonchev–Trinajstić information content (AvgIpc) is 3.33. The van der Waals surface area contributed by atoms with Gasteiger partial charge < -0.3 is 15.4 Å². The number of non-ortho nitro benzene ring substituents is 1. The van der Waals surface area contributed by atoms with E-state index in [2.05, 4.69) is 26.6 Å². The third-order valence-corrected chi connectivity index (χ3v) is 8.64. The van der Waals surface area contributed by atoms with E-state index >= 15 is 0 Å². The third-order valence-electron chi connectivity index (χ3n) is 6.81. The second-order valence-corrected chi connectivity index (χ2v) is 12.0. The number of nitro groups is 1. The molecule has 4 aromatic rings. The maximum atomic E-state index is 13.5. The van der Waals surface area contributed by atoms with Crippen LogP contribution in [-0.4, -0.2) is 40.9 Å². The summed E-state index contributed by atoms with van der Waals surface area (Å²) < 4.78 is 6.08. The highest BCUT2D eigenvalue weighted by molar-refractivity contribution is 9.10. The molecule has 1 heterocycles. The van der Waals surface area contributed by atoms with Gasteiger partial charge >= 0.3 is 0 Å². The quantitative estimate of drug-likeness (QED) is 0.0860. The second-order valence-electron chi connectivity index (χ2n) is 9.91. The van der Waals surface area contributed by atoms with Gasteiger partial charge in [-0.15, -0.1) is 11.8 Å². The lowest BCUT2D eigenvalue weighted by Gasteiger charge is -2.15. The molecule has 13 heteroatoms. The van der Waals surface area contributed by atoms with Gasteiger partial charge in [-0.2, -0.15) is 0 Å². The van der Waals surface area contributed by atoms with Crippen LogP contribution in [0, 0.1) is 10.1 Å². The van der Waals surface area contributed by atoms with Crippen LogP contribution >= 0.6 is 27.7 Å². The number of nitro benzene ring substituents is 1. The van der Waals surface area contributed by atoms with Crippen LogP contribution in [0.3, 0.4) is 0 Å². The number of nitrogens with one attached hydrogen (secondary N) is 2. The summed E-state index contributed by atoms with van der Waals surface area (Å²) in [7, 11) is 1.52. The maximum Gasteiger partial charge on any atom is 0.272 e. The molecule has 232 valence electrons. The number of amides is 4. The molecule has 4 amide bonds. The highest BCUT2D eigenvalue weighted by atomic mass is 79.9. The van der Waals surface area contributed by atoms with Gasteiger partial charge in [0.25, 0.3) is 17.5 Å². The minimum Gasteiger partial charge on any atom is -0.496 e. The van der Waals surface area contributed by atoms with Crippen molar-refractivity contribution in [2.24, 2.45) is 0 Å². The highest BCUT2D eigenvalue weighted by Crippen LogP contribution is 2.35. The standard InChI is InChI=1S/C33H25BrN4O7S/c1-45-28-17-20(10-15-26(28)34)16-27(36-31(40)21-6-3-2-4-7-21)32(41)35-22-8-5-9-25(18-22)46-29-19-30(39)37(33(29)42)23-11-13-24(14-12-23)38(43)44/h2-18,29H,19H2,1H3,(H,35,41)(H,36,40)/b27-16+/t29-/m0/s1. The Morgan fingerprint density at radius 3 is 2.43 bits per heavy atom. The Hall–Kier alpha value is -5.27. The summed E-state index contributed by atoms with van der Waals surface area (Å²) in [6.07, 6.45) is 1.46. The van der Waals surface area contributed by atoms with E-state index in [9.17, 15) is 29.3 Å². The van der Waals surface area contributed by atoms with Crippen LogP contribution in [-0.2, 0) is 14.4 Å². The fourth-order valence-electron chi connectivity index (χ4n) is 4.58. The molecule has 0 saturated carbocycles. The number of methoxy groups -OCH3 is 1. The minimum atomic E-state index is -0.735. The fourth-order valence-corrected chi connectivity index (χ4v) is 6.10. The van der Waals surface area contributed by atoms with E-state index in [1.807, 2.05) is 0 Å². The lowest BCUT2D eigenvalue weighted by atomic mass is 10.1. The Labute approximate surface area is 275 Å². The zero-order chi connectivity index (χ0) is 32.8. The lowest BCUT2D eigenvalue weighted by Crippen LogP contribution is -2.31. The summed E-state index contributed by atoms with van der Waals surface area (Å²) in [6, 6.07) is 25.7. The van der Waals surface area contributed by atoms with Crippen molar-refractivity contribution in [1.29, 1.82) is 0 Å². The topological polar surface area (TPSA) is 148 Å². The monoisotopic (exact) mass is 700 g/mol. The Balaban J connectivity index is 1.33. The number of halogens is 1. The molecule has 0 unspecified atom stereocenters. The van der Waals surface area contributed by atoms with E-state index in [0.717, 1.165) is 21.1 Å². The lowest BCUT2D eigenvalue weighted by molar-refractivity contribution is -0.384. The second kappa shape index (κ2) is 14.2. The molecule has 46 heavy (non-hydrogen) atoms. The van der Waals surface area contributed by atoms with E-state index in [0.29, 0.717) is 27.5 Å². The summed E-state index contributed by atoms with van der Waals surface area (Å²) in [5, 5.41) is 15.7. The van der Waals surface area contributed by atoms with E-state index in [1.165, 1.54) is 37.5 Å². The van der Waals surface area contributed by atoms with Gasteiger partial charge in [0, 0.05) is 34.7 Å². The molecule has 0 radical (unpaired) electrons. The van der Waals surface area contributed by atoms with E-state index in [-0.39, 0.29) is 23.5 Å². The van der Waals surface area contributed by atoms with Gasteiger partial charge in [-0.05, 0) is 82.2 Å². The normalized spacial score (nSPS) is 14.6. The van der Waals surface area contributed by atoms with Crippen molar-refractivity contribution in [3.05, 3.63) is 128 Å². The Morgan fingerprint density at radius 2 is 1.74 bits per heavy atom. The molecule has 0 aromatic heterocycles. The van der Waals surface area contributed by atoms with E-state index in [1.54, 1.807) is 72.8 Å². The summed E-state index contributed by atoms with van der Waals surface area (Å²) >= 11 is 4.57. The van der Waals surface area contributed by atoms with Crippen LogP contribution in [0.15, 0.2) is 112 Å². The van der Waals surface area contributed by atoms with Crippen molar-refractivity contribution in [1.82, 2.24) is 5.32 Å². The number of ether oxygens (including phenoxy) is 1. The zero-order valence-corrected chi connectivity index (χ0v) is 26.5. The number of carbonyl (C=O) groups is 4. The van der Waals surface area contributed by atoms with Crippen LogP contribution in [0.4, 0.5) is 17.1 Å². The highest BCUT2D eigenvalue weighted by Gasteiger charge is 2.40. The van der Waals surface area contributed by atoms with Gasteiger partial charge in [0.05, 0.1) is 27.4 Å².